The van der Waals surface area contributed by atoms with E-state index in [-0.39, 0.29) is 11.9 Å². The summed E-state index contributed by atoms with van der Waals surface area (Å²) in [4.78, 5) is 14.8. The molecule has 5 rings (SSSR count). The topological polar surface area (TPSA) is 68.3 Å². The molecule has 8 heteroatoms. The number of aromatic nitrogens is 5. The maximum atomic E-state index is 13.0. The van der Waals surface area contributed by atoms with E-state index in [2.05, 4.69) is 14.8 Å². The first kappa shape index (κ1) is 17.9. The molecule has 0 spiro atoms. The van der Waals surface area contributed by atoms with Crippen LogP contribution in [0.5, 0.6) is 0 Å². The zero-order valence-corrected chi connectivity index (χ0v) is 16.8. The third-order valence-electron chi connectivity index (χ3n) is 5.44. The number of aryl methyl sites for hydroxylation is 1. The second kappa shape index (κ2) is 6.70. The molecule has 0 aliphatic carbocycles. The molecule has 1 aromatic carbocycles. The fourth-order valence-corrected chi connectivity index (χ4v) is 4.00. The van der Waals surface area contributed by atoms with E-state index < -0.39 is 0 Å². The summed E-state index contributed by atoms with van der Waals surface area (Å²) in [6.07, 6.45) is 0. The highest BCUT2D eigenvalue weighted by molar-refractivity contribution is 6.30. The van der Waals surface area contributed by atoms with Gasteiger partial charge < -0.3 is 9.47 Å². The van der Waals surface area contributed by atoms with E-state index in [0.717, 1.165) is 28.6 Å². The number of hydrogen-bond donors (Lipinski definition) is 0. The minimum atomic E-state index is -0.188. The summed E-state index contributed by atoms with van der Waals surface area (Å²) < 4.78 is 3.97. The average Bonchev–Trinajstić information content (AvgIpc) is 3.33. The number of pyridine rings is 1. The molecule has 4 aromatic rings. The van der Waals surface area contributed by atoms with Crippen molar-refractivity contribution in [2.24, 2.45) is 0 Å². The summed E-state index contributed by atoms with van der Waals surface area (Å²) in [7, 11) is 0. The molecule has 1 aliphatic rings. The van der Waals surface area contributed by atoms with Gasteiger partial charge in [-0.25, -0.2) is 4.52 Å². The number of nitrogens with zero attached hydrogens (tertiary/aromatic N) is 6. The molecule has 7 nitrogen and oxygen atoms in total. The minimum absolute atomic E-state index is 0.0340. The lowest BCUT2D eigenvalue weighted by Gasteiger charge is -2.33. The Bertz CT molecular complexity index is 1230. The van der Waals surface area contributed by atoms with Crippen molar-refractivity contribution in [1.82, 2.24) is 29.3 Å². The van der Waals surface area contributed by atoms with Gasteiger partial charge in [0.25, 0.3) is 5.91 Å². The van der Waals surface area contributed by atoms with Crippen LogP contribution < -0.4 is 0 Å². The standard InChI is InChI=1S/C21H19ClN6O/c1-13-4-3-5-17-12-18(25-28(13)17)20-24-23-19-14(2)26(10-11-27(19)20)21(29)15-6-8-16(22)9-7-15/h3-9,12,14H,10-11H2,1-2H3. The van der Waals surface area contributed by atoms with Crippen LogP contribution in [0.2, 0.25) is 5.02 Å². The molecule has 4 heterocycles. The predicted octanol–water partition coefficient (Wildman–Crippen LogP) is 3.77. The number of carbonyl (C=O) groups is 1. The zero-order chi connectivity index (χ0) is 20.1. The number of fused-ring (bicyclic) bond motifs is 2. The Balaban J connectivity index is 1.48. The largest absolute Gasteiger partial charge is 0.327 e. The van der Waals surface area contributed by atoms with Crippen LogP contribution in [-0.4, -0.2) is 41.7 Å². The zero-order valence-electron chi connectivity index (χ0n) is 16.1. The van der Waals surface area contributed by atoms with Gasteiger partial charge in [-0.05, 0) is 56.3 Å². The number of carbonyl (C=O) groups excluding carboxylic acids is 1. The summed E-state index contributed by atoms with van der Waals surface area (Å²) >= 11 is 5.94. The van der Waals surface area contributed by atoms with Crippen LogP contribution in [0, 0.1) is 6.92 Å². The van der Waals surface area contributed by atoms with Gasteiger partial charge in [0.15, 0.2) is 11.6 Å². The van der Waals surface area contributed by atoms with Crippen molar-refractivity contribution >= 4 is 23.0 Å². The Labute approximate surface area is 172 Å². The fourth-order valence-electron chi connectivity index (χ4n) is 3.87. The van der Waals surface area contributed by atoms with Crippen LogP contribution in [0.15, 0.2) is 48.5 Å². The lowest BCUT2D eigenvalue weighted by molar-refractivity contribution is 0.0638. The molecule has 0 fully saturated rings. The first-order valence-electron chi connectivity index (χ1n) is 9.48. The number of rotatable bonds is 2. The predicted molar refractivity (Wildman–Crippen MR) is 110 cm³/mol. The highest BCUT2D eigenvalue weighted by Crippen LogP contribution is 2.29. The molecule has 1 atom stereocenters. The number of amides is 1. The molecule has 1 amide bonds. The van der Waals surface area contributed by atoms with Crippen molar-refractivity contribution in [3.8, 4) is 11.5 Å². The monoisotopic (exact) mass is 406 g/mol. The first-order chi connectivity index (χ1) is 14.0. The van der Waals surface area contributed by atoms with E-state index in [9.17, 15) is 4.79 Å². The van der Waals surface area contributed by atoms with E-state index in [1.54, 1.807) is 24.3 Å². The second-order valence-corrected chi connectivity index (χ2v) is 7.68. The van der Waals surface area contributed by atoms with Crippen molar-refractivity contribution in [1.29, 1.82) is 0 Å². The van der Waals surface area contributed by atoms with Crippen molar-refractivity contribution in [2.45, 2.75) is 26.4 Å². The third-order valence-corrected chi connectivity index (χ3v) is 5.69. The molecular formula is C21H19ClN6O. The van der Waals surface area contributed by atoms with Gasteiger partial charge in [-0.15, -0.1) is 10.2 Å². The van der Waals surface area contributed by atoms with E-state index in [1.807, 2.05) is 47.5 Å². The van der Waals surface area contributed by atoms with E-state index >= 15 is 0 Å². The Morgan fingerprint density at radius 1 is 1.10 bits per heavy atom. The SMILES string of the molecule is Cc1cccc2cc(-c3nnc4n3CCN(C(=O)c3ccc(Cl)cc3)C4C)nn12. The average molecular weight is 407 g/mol. The Kier molecular flexibility index (Phi) is 4.13. The molecule has 3 aromatic heterocycles. The van der Waals surface area contributed by atoms with Gasteiger partial charge in [0.1, 0.15) is 5.69 Å². The summed E-state index contributed by atoms with van der Waals surface area (Å²) in [6, 6.07) is 14.8. The van der Waals surface area contributed by atoms with Crippen molar-refractivity contribution in [3.05, 3.63) is 70.6 Å². The van der Waals surface area contributed by atoms with Crippen LogP contribution >= 0.6 is 11.6 Å². The Morgan fingerprint density at radius 2 is 1.90 bits per heavy atom. The van der Waals surface area contributed by atoms with E-state index in [1.165, 1.54) is 0 Å². The van der Waals surface area contributed by atoms with Crippen molar-refractivity contribution in [3.63, 3.8) is 0 Å². The van der Waals surface area contributed by atoms with Crippen LogP contribution in [0.1, 0.15) is 34.8 Å². The molecular weight excluding hydrogens is 388 g/mol. The number of halogens is 1. The van der Waals surface area contributed by atoms with Crippen LogP contribution in [-0.2, 0) is 6.54 Å². The molecule has 0 radical (unpaired) electrons. The summed E-state index contributed by atoms with van der Waals surface area (Å²) in [5, 5.41) is 14.1. The van der Waals surface area contributed by atoms with Gasteiger partial charge in [-0.2, -0.15) is 5.10 Å². The normalized spacial score (nSPS) is 16.2. The summed E-state index contributed by atoms with van der Waals surface area (Å²) in [5.41, 5.74) is 3.47. The fraction of sp³-hybridized carbons (Fsp3) is 0.238. The van der Waals surface area contributed by atoms with Crippen LogP contribution in [0.4, 0.5) is 0 Å². The van der Waals surface area contributed by atoms with Gasteiger partial charge in [0.2, 0.25) is 0 Å². The number of hydrogen-bond acceptors (Lipinski definition) is 4. The lowest BCUT2D eigenvalue weighted by atomic mass is 10.1. The minimum Gasteiger partial charge on any atom is -0.327 e. The number of benzene rings is 1. The molecule has 0 bridgehead atoms. The molecule has 1 unspecified atom stereocenters. The van der Waals surface area contributed by atoms with Crippen molar-refractivity contribution < 1.29 is 4.79 Å². The molecule has 1 aliphatic heterocycles. The first-order valence-corrected chi connectivity index (χ1v) is 9.86. The maximum absolute atomic E-state index is 13.0. The molecule has 0 saturated heterocycles. The van der Waals surface area contributed by atoms with Gasteiger partial charge in [0, 0.05) is 29.4 Å². The molecule has 29 heavy (non-hydrogen) atoms. The Morgan fingerprint density at radius 3 is 2.66 bits per heavy atom. The van der Waals surface area contributed by atoms with Crippen molar-refractivity contribution in [2.75, 3.05) is 6.54 Å². The third kappa shape index (κ3) is 2.89. The van der Waals surface area contributed by atoms with Gasteiger partial charge >= 0.3 is 0 Å². The smallest absolute Gasteiger partial charge is 0.254 e. The van der Waals surface area contributed by atoms with Gasteiger partial charge in [-0.3, -0.25) is 4.79 Å². The van der Waals surface area contributed by atoms with Crippen LogP contribution in [0.3, 0.4) is 0 Å². The quantitative estimate of drug-likeness (QED) is 0.508. The highest BCUT2D eigenvalue weighted by atomic mass is 35.5. The maximum Gasteiger partial charge on any atom is 0.254 e. The van der Waals surface area contributed by atoms with Gasteiger partial charge in [-0.1, -0.05) is 17.7 Å². The summed E-state index contributed by atoms with van der Waals surface area (Å²) in [5.74, 6) is 1.46. The summed E-state index contributed by atoms with van der Waals surface area (Å²) in [6.45, 7) is 5.19. The molecule has 0 saturated carbocycles. The van der Waals surface area contributed by atoms with Gasteiger partial charge in [0.05, 0.1) is 11.6 Å². The lowest BCUT2D eigenvalue weighted by Crippen LogP contribution is -2.41. The molecule has 0 N–H and O–H groups in total. The second-order valence-electron chi connectivity index (χ2n) is 7.25. The highest BCUT2D eigenvalue weighted by Gasteiger charge is 2.32. The molecule has 146 valence electrons. The van der Waals surface area contributed by atoms with Crippen LogP contribution in [0.25, 0.3) is 17.0 Å². The van der Waals surface area contributed by atoms with E-state index in [0.29, 0.717) is 23.7 Å². The van der Waals surface area contributed by atoms with E-state index in [4.69, 9.17) is 16.7 Å². The Hall–Kier alpha value is -3.19.